The lowest BCUT2D eigenvalue weighted by molar-refractivity contribution is 0.378. The van der Waals surface area contributed by atoms with Crippen LogP contribution in [-0.4, -0.2) is 29.3 Å². The summed E-state index contributed by atoms with van der Waals surface area (Å²) >= 11 is 3.00. The Kier molecular flexibility index (Phi) is 5.89. The molecule has 0 N–H and O–H groups in total. The molecular weight excluding hydrogens is 426 g/mol. The van der Waals surface area contributed by atoms with Crippen LogP contribution in [0.1, 0.15) is 23.6 Å². The van der Waals surface area contributed by atoms with Gasteiger partial charge in [-0.05, 0) is 24.8 Å². The lowest BCUT2D eigenvalue weighted by atomic mass is 10.2. The van der Waals surface area contributed by atoms with E-state index in [4.69, 9.17) is 4.52 Å². The molecule has 0 aliphatic carbocycles. The van der Waals surface area contributed by atoms with Crippen molar-refractivity contribution in [3.63, 3.8) is 0 Å². The standard InChI is InChI=1S/C20H19N3O3S3/c1-14-6-8-15(9-7-14)20-21-16(12-28-20)13-29(24,25)11-3-5-18-22-19(23-26-18)17-4-2-10-27-17/h2,4,6-10,12H,3,5,11,13H2,1H3. The minimum atomic E-state index is -3.26. The second kappa shape index (κ2) is 8.56. The minimum Gasteiger partial charge on any atom is -0.339 e. The van der Waals surface area contributed by atoms with Crippen molar-refractivity contribution >= 4 is 32.5 Å². The summed E-state index contributed by atoms with van der Waals surface area (Å²) in [5.41, 5.74) is 2.77. The molecule has 0 aliphatic rings. The molecule has 0 saturated heterocycles. The number of aromatic nitrogens is 3. The van der Waals surface area contributed by atoms with Crippen molar-refractivity contribution in [3.8, 4) is 21.3 Å². The Morgan fingerprint density at radius 2 is 1.90 bits per heavy atom. The van der Waals surface area contributed by atoms with Gasteiger partial charge in [0.1, 0.15) is 5.01 Å². The fourth-order valence-electron chi connectivity index (χ4n) is 2.81. The summed E-state index contributed by atoms with van der Waals surface area (Å²) in [5, 5.41) is 8.54. The summed E-state index contributed by atoms with van der Waals surface area (Å²) in [4.78, 5) is 9.75. The Hall–Kier alpha value is -2.36. The van der Waals surface area contributed by atoms with E-state index in [0.29, 0.717) is 30.3 Å². The smallest absolute Gasteiger partial charge is 0.227 e. The average Bonchev–Trinajstić information content (AvgIpc) is 3.43. The number of hydrogen-bond acceptors (Lipinski definition) is 8. The zero-order chi connectivity index (χ0) is 20.3. The molecule has 0 saturated carbocycles. The van der Waals surface area contributed by atoms with Gasteiger partial charge in [-0.3, -0.25) is 0 Å². The molecule has 0 atom stereocenters. The maximum atomic E-state index is 12.5. The first-order valence-corrected chi connectivity index (χ1v) is 12.6. The molecule has 4 aromatic rings. The van der Waals surface area contributed by atoms with Crippen LogP contribution in [0.5, 0.6) is 0 Å². The fourth-order valence-corrected chi connectivity index (χ4v) is 5.71. The highest BCUT2D eigenvalue weighted by Gasteiger charge is 2.16. The number of thiophene rings is 1. The molecule has 0 aliphatic heterocycles. The first kappa shape index (κ1) is 19.9. The van der Waals surface area contributed by atoms with E-state index in [9.17, 15) is 8.42 Å². The topological polar surface area (TPSA) is 86.0 Å². The van der Waals surface area contributed by atoms with Crippen molar-refractivity contribution in [2.24, 2.45) is 0 Å². The van der Waals surface area contributed by atoms with Crippen LogP contribution >= 0.6 is 22.7 Å². The summed E-state index contributed by atoms with van der Waals surface area (Å²) in [7, 11) is -3.26. The Bertz CT molecular complexity index is 1180. The first-order chi connectivity index (χ1) is 14.0. The van der Waals surface area contributed by atoms with E-state index in [1.165, 1.54) is 28.2 Å². The highest BCUT2D eigenvalue weighted by Crippen LogP contribution is 2.25. The summed E-state index contributed by atoms with van der Waals surface area (Å²) < 4.78 is 30.2. The highest BCUT2D eigenvalue weighted by molar-refractivity contribution is 7.90. The SMILES string of the molecule is Cc1ccc(-c2nc(CS(=O)(=O)CCCc3nc(-c4cccs4)no3)cs2)cc1. The summed E-state index contributed by atoms with van der Waals surface area (Å²) in [6.07, 6.45) is 0.868. The van der Waals surface area contributed by atoms with Crippen LogP contribution in [0, 0.1) is 6.92 Å². The van der Waals surface area contributed by atoms with Gasteiger partial charge in [0, 0.05) is 17.4 Å². The number of aryl methyl sites for hydroxylation is 2. The van der Waals surface area contributed by atoms with Gasteiger partial charge in [-0.2, -0.15) is 4.98 Å². The Labute approximate surface area is 177 Å². The zero-order valence-corrected chi connectivity index (χ0v) is 18.2. The summed E-state index contributed by atoms with van der Waals surface area (Å²) in [5.74, 6) is 1.00. The third kappa shape index (κ3) is 5.17. The van der Waals surface area contributed by atoms with Gasteiger partial charge >= 0.3 is 0 Å². The van der Waals surface area contributed by atoms with Gasteiger partial charge in [0.25, 0.3) is 0 Å². The predicted molar refractivity (Wildman–Crippen MR) is 116 cm³/mol. The van der Waals surface area contributed by atoms with Gasteiger partial charge < -0.3 is 4.52 Å². The third-order valence-corrected chi connectivity index (χ3v) is 7.73. The largest absolute Gasteiger partial charge is 0.339 e. The molecule has 0 radical (unpaired) electrons. The maximum Gasteiger partial charge on any atom is 0.227 e. The number of benzene rings is 1. The lowest BCUT2D eigenvalue weighted by Crippen LogP contribution is -2.10. The second-order valence-corrected chi connectivity index (χ2v) is 10.7. The minimum absolute atomic E-state index is 0.0559. The zero-order valence-electron chi connectivity index (χ0n) is 15.7. The van der Waals surface area contributed by atoms with Crippen molar-refractivity contribution in [1.82, 2.24) is 15.1 Å². The van der Waals surface area contributed by atoms with Gasteiger partial charge in [-0.25, -0.2) is 13.4 Å². The highest BCUT2D eigenvalue weighted by atomic mass is 32.2. The maximum absolute atomic E-state index is 12.5. The second-order valence-electron chi connectivity index (χ2n) is 6.69. The third-order valence-electron chi connectivity index (χ3n) is 4.27. The van der Waals surface area contributed by atoms with Crippen molar-refractivity contribution in [2.45, 2.75) is 25.5 Å². The Morgan fingerprint density at radius 1 is 1.07 bits per heavy atom. The molecule has 1 aromatic carbocycles. The van der Waals surface area contributed by atoms with Crippen LogP contribution in [0.4, 0.5) is 0 Å². The quantitative estimate of drug-likeness (QED) is 0.388. The van der Waals surface area contributed by atoms with Crippen LogP contribution in [0.15, 0.2) is 51.7 Å². The van der Waals surface area contributed by atoms with Gasteiger partial charge in [0.2, 0.25) is 11.7 Å². The first-order valence-electron chi connectivity index (χ1n) is 9.07. The number of sulfone groups is 1. The molecule has 0 unspecified atom stereocenters. The predicted octanol–water partition coefficient (Wildman–Crippen LogP) is 4.78. The van der Waals surface area contributed by atoms with Crippen molar-refractivity contribution in [1.29, 1.82) is 0 Å². The summed E-state index contributed by atoms with van der Waals surface area (Å²) in [6, 6.07) is 11.9. The van der Waals surface area contributed by atoms with Crippen LogP contribution in [0.25, 0.3) is 21.3 Å². The van der Waals surface area contributed by atoms with Gasteiger partial charge in [-0.15, -0.1) is 22.7 Å². The Morgan fingerprint density at radius 3 is 2.66 bits per heavy atom. The van der Waals surface area contributed by atoms with Gasteiger partial charge in [0.05, 0.1) is 22.1 Å². The molecule has 3 heterocycles. The van der Waals surface area contributed by atoms with Crippen LogP contribution in [0.2, 0.25) is 0 Å². The molecule has 0 fully saturated rings. The molecule has 9 heteroatoms. The van der Waals surface area contributed by atoms with E-state index >= 15 is 0 Å². The molecule has 150 valence electrons. The Balaban J connectivity index is 1.32. The van der Waals surface area contributed by atoms with Crippen molar-refractivity contribution < 1.29 is 12.9 Å². The van der Waals surface area contributed by atoms with Crippen LogP contribution in [-0.2, 0) is 22.0 Å². The number of nitrogens with zero attached hydrogens (tertiary/aromatic N) is 3. The molecule has 0 amide bonds. The molecule has 6 nitrogen and oxygen atoms in total. The van der Waals surface area contributed by atoms with E-state index in [0.717, 1.165) is 15.4 Å². The van der Waals surface area contributed by atoms with Crippen LogP contribution in [0.3, 0.4) is 0 Å². The summed E-state index contributed by atoms with van der Waals surface area (Å²) in [6.45, 7) is 2.03. The number of rotatable bonds is 8. The van der Waals surface area contributed by atoms with Crippen LogP contribution < -0.4 is 0 Å². The van der Waals surface area contributed by atoms with E-state index < -0.39 is 9.84 Å². The molecular formula is C20H19N3O3S3. The van der Waals surface area contributed by atoms with Gasteiger partial charge in [-0.1, -0.05) is 41.1 Å². The monoisotopic (exact) mass is 445 g/mol. The molecule has 29 heavy (non-hydrogen) atoms. The van der Waals surface area contributed by atoms with E-state index in [1.54, 1.807) is 0 Å². The molecule has 0 bridgehead atoms. The van der Waals surface area contributed by atoms with E-state index in [2.05, 4.69) is 15.1 Å². The number of thiazole rings is 1. The molecule has 3 aromatic heterocycles. The van der Waals surface area contributed by atoms with Crippen molar-refractivity contribution in [2.75, 3.05) is 5.75 Å². The normalized spacial score (nSPS) is 11.8. The van der Waals surface area contributed by atoms with E-state index in [-0.39, 0.29) is 11.5 Å². The fraction of sp³-hybridized carbons (Fsp3) is 0.250. The molecule has 0 spiro atoms. The van der Waals surface area contributed by atoms with Gasteiger partial charge in [0.15, 0.2) is 9.84 Å². The van der Waals surface area contributed by atoms with Crippen molar-refractivity contribution in [3.05, 3.63) is 64.3 Å². The average molecular weight is 446 g/mol. The number of hydrogen-bond donors (Lipinski definition) is 0. The van der Waals surface area contributed by atoms with E-state index in [1.807, 2.05) is 54.1 Å². The molecule has 4 rings (SSSR count). The lowest BCUT2D eigenvalue weighted by Gasteiger charge is -2.01.